The van der Waals surface area contributed by atoms with Gasteiger partial charge in [0, 0.05) is 19.6 Å². The number of rotatable bonds is 8. The summed E-state index contributed by atoms with van der Waals surface area (Å²) in [6, 6.07) is 5.88. The van der Waals surface area contributed by atoms with Gasteiger partial charge < -0.3 is 25.0 Å². The highest BCUT2D eigenvalue weighted by atomic mass is 16.5. The van der Waals surface area contributed by atoms with Crippen LogP contribution >= 0.6 is 0 Å². The largest absolute Gasteiger partial charge is 0.493 e. The number of carbonyl (C=O) groups is 1. The minimum Gasteiger partial charge on any atom is -0.493 e. The van der Waals surface area contributed by atoms with Gasteiger partial charge in [-0.3, -0.25) is 0 Å². The normalized spacial score (nSPS) is 14.2. The number of amides is 2. The maximum Gasteiger partial charge on any atom is 0.317 e. The third-order valence-electron chi connectivity index (χ3n) is 3.37. The molecule has 6 heteroatoms. The summed E-state index contributed by atoms with van der Waals surface area (Å²) in [5.74, 6) is 1.42. The Hall–Kier alpha value is -1.95. The summed E-state index contributed by atoms with van der Waals surface area (Å²) in [7, 11) is 1.63. The lowest BCUT2D eigenvalue weighted by Crippen LogP contribution is -2.31. The molecule has 21 heavy (non-hydrogen) atoms. The molecule has 0 spiro atoms. The summed E-state index contributed by atoms with van der Waals surface area (Å²) in [5.41, 5.74) is 1.14. The Morgan fingerprint density at radius 3 is 2.90 bits per heavy atom. The van der Waals surface area contributed by atoms with E-state index in [9.17, 15) is 4.79 Å². The van der Waals surface area contributed by atoms with Crippen molar-refractivity contribution in [1.82, 2.24) is 15.5 Å². The second kappa shape index (κ2) is 7.73. The summed E-state index contributed by atoms with van der Waals surface area (Å²) in [6.45, 7) is 6.26. The van der Waals surface area contributed by atoms with Crippen molar-refractivity contribution in [2.24, 2.45) is 0 Å². The molecule has 1 fully saturated rings. The first-order valence-electron chi connectivity index (χ1n) is 7.27. The lowest BCUT2D eigenvalue weighted by molar-refractivity contribution is 0.201. The highest BCUT2D eigenvalue weighted by Gasteiger charge is 2.18. The summed E-state index contributed by atoms with van der Waals surface area (Å²) in [6.07, 6.45) is 0. The molecule has 1 heterocycles. The number of carbonyl (C=O) groups excluding carboxylic acids is 1. The molecule has 1 aliphatic rings. The second-order valence-corrected chi connectivity index (χ2v) is 4.83. The van der Waals surface area contributed by atoms with Gasteiger partial charge in [0.25, 0.3) is 0 Å². The first-order valence-corrected chi connectivity index (χ1v) is 7.27. The van der Waals surface area contributed by atoms with Crippen LogP contribution in [0.25, 0.3) is 0 Å². The molecule has 1 aliphatic heterocycles. The molecule has 6 nitrogen and oxygen atoms in total. The third-order valence-corrected chi connectivity index (χ3v) is 3.37. The SMILES string of the molecule is CCNCc1ccc(OC)c(OCCN2CCNC2=O)c1. The zero-order chi connectivity index (χ0) is 15.1. The molecule has 116 valence electrons. The smallest absolute Gasteiger partial charge is 0.317 e. The Morgan fingerprint density at radius 1 is 1.38 bits per heavy atom. The van der Waals surface area contributed by atoms with Crippen molar-refractivity contribution in [2.75, 3.05) is 39.9 Å². The lowest BCUT2D eigenvalue weighted by Gasteiger charge is -2.16. The van der Waals surface area contributed by atoms with Crippen LogP contribution in [0.1, 0.15) is 12.5 Å². The van der Waals surface area contributed by atoms with Gasteiger partial charge in [0.1, 0.15) is 6.61 Å². The number of hydrogen-bond donors (Lipinski definition) is 2. The minimum atomic E-state index is -0.0218. The molecule has 2 N–H and O–H groups in total. The van der Waals surface area contributed by atoms with Gasteiger partial charge in [-0.15, -0.1) is 0 Å². The average Bonchev–Trinajstić information content (AvgIpc) is 2.91. The molecule has 0 aliphatic carbocycles. The van der Waals surface area contributed by atoms with Crippen LogP contribution in [-0.2, 0) is 6.54 Å². The third kappa shape index (κ3) is 4.26. The van der Waals surface area contributed by atoms with E-state index in [0.717, 1.165) is 25.2 Å². The van der Waals surface area contributed by atoms with Crippen LogP contribution in [0.3, 0.4) is 0 Å². The zero-order valence-corrected chi connectivity index (χ0v) is 12.6. The predicted octanol–water partition coefficient (Wildman–Crippen LogP) is 1.21. The van der Waals surface area contributed by atoms with E-state index >= 15 is 0 Å². The second-order valence-electron chi connectivity index (χ2n) is 4.83. The molecule has 1 aromatic carbocycles. The topological polar surface area (TPSA) is 62.8 Å². The number of nitrogens with zero attached hydrogens (tertiary/aromatic N) is 1. The Kier molecular flexibility index (Phi) is 5.68. The zero-order valence-electron chi connectivity index (χ0n) is 12.6. The van der Waals surface area contributed by atoms with Gasteiger partial charge in [-0.25, -0.2) is 4.79 Å². The van der Waals surface area contributed by atoms with Gasteiger partial charge in [-0.2, -0.15) is 0 Å². The Morgan fingerprint density at radius 2 is 2.24 bits per heavy atom. The van der Waals surface area contributed by atoms with Crippen molar-refractivity contribution < 1.29 is 14.3 Å². The van der Waals surface area contributed by atoms with Crippen molar-refractivity contribution in [3.63, 3.8) is 0 Å². The predicted molar refractivity (Wildman–Crippen MR) is 80.8 cm³/mol. The fraction of sp³-hybridized carbons (Fsp3) is 0.533. The Balaban J connectivity index is 1.91. The van der Waals surface area contributed by atoms with Crippen LogP contribution in [-0.4, -0.2) is 50.8 Å². The summed E-state index contributed by atoms with van der Waals surface area (Å²) in [4.78, 5) is 13.2. The van der Waals surface area contributed by atoms with Crippen LogP contribution < -0.4 is 20.1 Å². The molecule has 0 radical (unpaired) electrons. The van der Waals surface area contributed by atoms with Gasteiger partial charge in [-0.05, 0) is 24.2 Å². The van der Waals surface area contributed by atoms with Crippen molar-refractivity contribution in [3.8, 4) is 11.5 Å². The molecular formula is C15H23N3O3. The van der Waals surface area contributed by atoms with Crippen LogP contribution in [0.15, 0.2) is 18.2 Å². The van der Waals surface area contributed by atoms with Gasteiger partial charge >= 0.3 is 6.03 Å². The first kappa shape index (κ1) is 15.4. The molecule has 0 atom stereocenters. The van der Waals surface area contributed by atoms with E-state index in [1.54, 1.807) is 12.0 Å². The van der Waals surface area contributed by atoms with E-state index in [2.05, 4.69) is 17.6 Å². The quantitative estimate of drug-likeness (QED) is 0.756. The molecule has 0 bridgehead atoms. The molecule has 0 saturated carbocycles. The van der Waals surface area contributed by atoms with Gasteiger partial charge in [0.05, 0.1) is 13.7 Å². The first-order chi connectivity index (χ1) is 10.2. The number of methoxy groups -OCH3 is 1. The molecule has 0 aromatic heterocycles. The van der Waals surface area contributed by atoms with Crippen LogP contribution in [0.5, 0.6) is 11.5 Å². The molecule has 2 amide bonds. The number of hydrogen-bond acceptors (Lipinski definition) is 4. The molecule has 0 unspecified atom stereocenters. The van der Waals surface area contributed by atoms with E-state index in [0.29, 0.717) is 31.2 Å². The summed E-state index contributed by atoms with van der Waals surface area (Å²) in [5, 5.41) is 6.05. The van der Waals surface area contributed by atoms with Gasteiger partial charge in [0.2, 0.25) is 0 Å². The van der Waals surface area contributed by atoms with Crippen molar-refractivity contribution in [1.29, 1.82) is 0 Å². The average molecular weight is 293 g/mol. The van der Waals surface area contributed by atoms with Crippen molar-refractivity contribution in [3.05, 3.63) is 23.8 Å². The monoisotopic (exact) mass is 293 g/mol. The van der Waals surface area contributed by atoms with Crippen LogP contribution in [0.4, 0.5) is 4.79 Å². The highest BCUT2D eigenvalue weighted by Crippen LogP contribution is 2.28. The molecular weight excluding hydrogens is 270 g/mol. The number of nitrogens with one attached hydrogen (secondary N) is 2. The maximum atomic E-state index is 11.4. The highest BCUT2D eigenvalue weighted by molar-refractivity contribution is 5.76. The standard InChI is InChI=1S/C15H23N3O3/c1-3-16-11-12-4-5-13(20-2)14(10-12)21-9-8-18-7-6-17-15(18)19/h4-5,10,16H,3,6-9,11H2,1-2H3,(H,17,19). The van der Waals surface area contributed by atoms with E-state index in [1.807, 2.05) is 18.2 Å². The number of ether oxygens (including phenoxy) is 2. The minimum absolute atomic E-state index is 0.0218. The van der Waals surface area contributed by atoms with E-state index in [1.165, 1.54) is 0 Å². The fourth-order valence-corrected chi connectivity index (χ4v) is 2.20. The number of benzene rings is 1. The summed E-state index contributed by atoms with van der Waals surface area (Å²) < 4.78 is 11.1. The van der Waals surface area contributed by atoms with Crippen LogP contribution in [0.2, 0.25) is 0 Å². The van der Waals surface area contributed by atoms with Gasteiger partial charge in [-0.1, -0.05) is 13.0 Å². The number of urea groups is 1. The van der Waals surface area contributed by atoms with E-state index in [4.69, 9.17) is 9.47 Å². The van der Waals surface area contributed by atoms with Gasteiger partial charge in [0.15, 0.2) is 11.5 Å². The fourth-order valence-electron chi connectivity index (χ4n) is 2.20. The Labute approximate surface area is 125 Å². The summed E-state index contributed by atoms with van der Waals surface area (Å²) >= 11 is 0. The molecule has 1 saturated heterocycles. The van der Waals surface area contributed by atoms with Crippen molar-refractivity contribution in [2.45, 2.75) is 13.5 Å². The molecule has 2 rings (SSSR count). The Bertz CT molecular complexity index is 479. The van der Waals surface area contributed by atoms with Crippen LogP contribution in [0, 0.1) is 0 Å². The van der Waals surface area contributed by atoms with E-state index < -0.39 is 0 Å². The maximum absolute atomic E-state index is 11.4. The van der Waals surface area contributed by atoms with E-state index in [-0.39, 0.29) is 6.03 Å². The molecule has 1 aromatic rings. The van der Waals surface area contributed by atoms with Crippen molar-refractivity contribution >= 4 is 6.03 Å². The lowest BCUT2D eigenvalue weighted by atomic mass is 10.2.